The van der Waals surface area contributed by atoms with Gasteiger partial charge in [0.05, 0.1) is 0 Å². The molecule has 0 amide bonds. The Labute approximate surface area is 233 Å². The van der Waals surface area contributed by atoms with Crippen LogP contribution in [0.25, 0.3) is 0 Å². The van der Waals surface area contributed by atoms with Gasteiger partial charge in [-0.3, -0.25) is 0 Å². The summed E-state index contributed by atoms with van der Waals surface area (Å²) in [5.41, 5.74) is 1.59. The second kappa shape index (κ2) is 16.8. The number of allylic oxidation sites excluding steroid dienone is 2. The van der Waals surface area contributed by atoms with Gasteiger partial charge in [-0.15, -0.1) is 0 Å². The minimum absolute atomic E-state index is 1.00. The fraction of sp³-hybridized carbons (Fsp3) is 0.941. The minimum atomic E-state index is 1.00. The Bertz CT molecular complexity index is 594. The van der Waals surface area contributed by atoms with Gasteiger partial charge in [0.1, 0.15) is 14.0 Å². The molecule has 1 nitrogen and oxygen atoms in total. The van der Waals surface area contributed by atoms with Gasteiger partial charge in [0.15, 0.2) is 0 Å². The number of ether oxygens (including phenoxy) is 1. The summed E-state index contributed by atoms with van der Waals surface area (Å²) in [6, 6.07) is 0. The van der Waals surface area contributed by atoms with Gasteiger partial charge >= 0.3 is 0 Å². The van der Waals surface area contributed by atoms with Gasteiger partial charge in [-0.25, -0.2) is 0 Å². The third-order valence-electron chi connectivity index (χ3n) is 11.2. The summed E-state index contributed by atoms with van der Waals surface area (Å²) in [7, 11) is 2.62. The van der Waals surface area contributed by atoms with Crippen LogP contribution in [0.15, 0.2) is 11.6 Å². The van der Waals surface area contributed by atoms with Crippen LogP contribution in [0.2, 0.25) is 29.1 Å². The molecule has 37 heavy (non-hydrogen) atoms. The molecule has 3 heteroatoms. The van der Waals surface area contributed by atoms with E-state index in [1.54, 1.807) is 50.5 Å². The van der Waals surface area contributed by atoms with Crippen molar-refractivity contribution < 1.29 is 4.74 Å². The molecule has 7 aliphatic rings. The van der Waals surface area contributed by atoms with Crippen molar-refractivity contribution in [2.24, 2.45) is 5.92 Å². The lowest BCUT2D eigenvalue weighted by molar-refractivity contribution is 0.198. The molecular formula is C34H61B2O. The van der Waals surface area contributed by atoms with E-state index in [1.807, 2.05) is 0 Å². The molecule has 2 aliphatic carbocycles. The monoisotopic (exact) mass is 507 g/mol. The molecule has 5 saturated heterocycles. The molecule has 2 unspecified atom stereocenters. The average Bonchev–Trinajstić information content (AvgIpc) is 3.51. The SMILES string of the molecule is C1CCOC1.CC1=CCCCC1.CC1CCCCC1B1C2CCCC1CCC2.[B]1C2CCCC1CCC2. The van der Waals surface area contributed by atoms with E-state index in [0.29, 0.717) is 0 Å². The molecule has 0 aromatic heterocycles. The van der Waals surface area contributed by atoms with E-state index < -0.39 is 0 Å². The third-order valence-corrected chi connectivity index (χ3v) is 11.2. The van der Waals surface area contributed by atoms with Crippen molar-refractivity contribution in [3.63, 3.8) is 0 Å². The molecule has 5 heterocycles. The Hall–Kier alpha value is -0.170. The largest absolute Gasteiger partial charge is 0.381 e. The van der Waals surface area contributed by atoms with Crippen LogP contribution in [0, 0.1) is 5.92 Å². The highest BCUT2D eigenvalue weighted by Gasteiger charge is 2.45. The van der Waals surface area contributed by atoms with Crippen molar-refractivity contribution in [1.82, 2.24) is 0 Å². The summed E-state index contributed by atoms with van der Waals surface area (Å²) in [5, 5.41) is 0. The Morgan fingerprint density at radius 3 is 1.62 bits per heavy atom. The molecule has 209 valence electrons. The van der Waals surface area contributed by atoms with Crippen LogP contribution in [0.3, 0.4) is 0 Å². The fourth-order valence-electron chi connectivity index (χ4n) is 9.20. The zero-order chi connectivity index (χ0) is 25.7. The van der Waals surface area contributed by atoms with Crippen molar-refractivity contribution in [3.05, 3.63) is 11.6 Å². The molecule has 0 aromatic rings. The van der Waals surface area contributed by atoms with Crippen LogP contribution in [-0.4, -0.2) is 27.2 Å². The van der Waals surface area contributed by atoms with Crippen LogP contribution in [0.4, 0.5) is 0 Å². The molecule has 5 aliphatic heterocycles. The third kappa shape index (κ3) is 10.1. The maximum absolute atomic E-state index is 4.94. The van der Waals surface area contributed by atoms with Crippen LogP contribution in [-0.2, 0) is 4.74 Å². The fourth-order valence-corrected chi connectivity index (χ4v) is 9.20. The van der Waals surface area contributed by atoms with Crippen molar-refractivity contribution in [3.8, 4) is 0 Å². The van der Waals surface area contributed by atoms with Gasteiger partial charge in [-0.05, 0) is 51.4 Å². The smallest absolute Gasteiger partial charge is 0.149 e. The van der Waals surface area contributed by atoms with Gasteiger partial charge in [0.25, 0.3) is 0 Å². The maximum atomic E-state index is 4.94. The second-order valence-corrected chi connectivity index (χ2v) is 14.1. The first-order chi connectivity index (χ1) is 18.2. The predicted molar refractivity (Wildman–Crippen MR) is 166 cm³/mol. The number of rotatable bonds is 1. The normalized spacial score (nSPS) is 36.7. The van der Waals surface area contributed by atoms with E-state index in [4.69, 9.17) is 4.74 Å². The van der Waals surface area contributed by atoms with Crippen LogP contribution in [0.5, 0.6) is 0 Å². The van der Waals surface area contributed by atoms with Crippen LogP contribution < -0.4 is 0 Å². The minimum Gasteiger partial charge on any atom is -0.381 e. The van der Waals surface area contributed by atoms with E-state index in [2.05, 4.69) is 27.2 Å². The van der Waals surface area contributed by atoms with Crippen molar-refractivity contribution in [2.45, 2.75) is 184 Å². The van der Waals surface area contributed by atoms with Crippen molar-refractivity contribution in [2.75, 3.05) is 13.2 Å². The summed E-state index contributed by atoms with van der Waals surface area (Å²) in [4.78, 5) is 0. The van der Waals surface area contributed by atoms with Gasteiger partial charge in [-0.1, -0.05) is 150 Å². The van der Waals surface area contributed by atoms with Crippen molar-refractivity contribution >= 4 is 14.0 Å². The quantitative estimate of drug-likeness (QED) is 0.253. The first kappa shape index (κ1) is 29.8. The zero-order valence-corrected chi connectivity index (χ0v) is 25.1. The Morgan fingerprint density at radius 2 is 1.22 bits per heavy atom. The first-order valence-electron chi connectivity index (χ1n) is 17.3. The molecule has 6 fully saturated rings. The predicted octanol–water partition coefficient (Wildman–Crippen LogP) is 11.1. The van der Waals surface area contributed by atoms with Gasteiger partial charge in [0.2, 0.25) is 0 Å². The second-order valence-electron chi connectivity index (χ2n) is 14.1. The van der Waals surface area contributed by atoms with E-state index in [1.165, 1.54) is 96.3 Å². The van der Waals surface area contributed by atoms with Gasteiger partial charge in [0, 0.05) is 13.2 Å². The van der Waals surface area contributed by atoms with Gasteiger partial charge < -0.3 is 4.74 Å². The average molecular weight is 507 g/mol. The highest BCUT2D eigenvalue weighted by Crippen LogP contribution is 2.54. The van der Waals surface area contributed by atoms with Crippen molar-refractivity contribution in [1.29, 1.82) is 0 Å². The lowest BCUT2D eigenvalue weighted by Gasteiger charge is -2.47. The Morgan fingerprint density at radius 1 is 0.649 bits per heavy atom. The standard InChI is InChI=1S/C15H27B.C8H14B.C7H12.C4H8O/c1-12-6-2-3-11-15(12)16-13-7-4-8-14(16)10-5-9-13;1-3-7-5-2-6-8(4-1)9-7;1-7-5-3-2-4-6-7;1-2-4-5-3-1/h12-15H,2-11H2,1H3;7-8H,1-6H2;5H,2-4,6H2,1H3;1-4H2. The molecule has 0 spiro atoms. The summed E-state index contributed by atoms with van der Waals surface area (Å²) >= 11 is 0. The summed E-state index contributed by atoms with van der Waals surface area (Å²) in [6.45, 7) is 7.92. The Kier molecular flexibility index (Phi) is 13.6. The zero-order valence-electron chi connectivity index (χ0n) is 25.1. The molecule has 0 aromatic carbocycles. The molecule has 1 radical (unpaired) electrons. The topological polar surface area (TPSA) is 9.23 Å². The maximum Gasteiger partial charge on any atom is 0.149 e. The van der Waals surface area contributed by atoms with Crippen LogP contribution >= 0.6 is 0 Å². The lowest BCUT2D eigenvalue weighted by Crippen LogP contribution is -2.41. The summed E-state index contributed by atoms with van der Waals surface area (Å²) in [5.74, 6) is 6.48. The van der Waals surface area contributed by atoms with E-state index in [0.717, 1.165) is 54.9 Å². The molecular weight excluding hydrogens is 446 g/mol. The highest BCUT2D eigenvalue weighted by atomic mass is 16.5. The summed E-state index contributed by atoms with van der Waals surface area (Å²) < 4.78 is 4.94. The number of fused-ring (bicyclic) bond motifs is 4. The molecule has 2 atom stereocenters. The first-order valence-corrected chi connectivity index (χ1v) is 17.3. The lowest BCUT2D eigenvalue weighted by atomic mass is 9.20. The number of hydrogen-bond donors (Lipinski definition) is 0. The molecule has 4 bridgehead atoms. The highest BCUT2D eigenvalue weighted by molar-refractivity contribution is 6.64. The van der Waals surface area contributed by atoms with Gasteiger partial charge in [-0.2, -0.15) is 0 Å². The molecule has 7 rings (SSSR count). The van der Waals surface area contributed by atoms with E-state index >= 15 is 0 Å². The summed E-state index contributed by atoms with van der Waals surface area (Å²) in [6.07, 6.45) is 34.9. The number of hydrogen-bond acceptors (Lipinski definition) is 1. The molecule has 0 N–H and O–H groups in total. The van der Waals surface area contributed by atoms with E-state index in [9.17, 15) is 0 Å². The molecule has 1 saturated carbocycles. The Balaban J connectivity index is 0.000000128. The van der Waals surface area contributed by atoms with Crippen LogP contribution in [0.1, 0.15) is 155 Å². The van der Waals surface area contributed by atoms with E-state index in [-0.39, 0.29) is 0 Å².